The van der Waals surface area contributed by atoms with Gasteiger partial charge in [-0.05, 0) is 27.2 Å². The second-order valence-electron chi connectivity index (χ2n) is 5.52. The number of nitrogens with zero attached hydrogens (tertiary/aromatic N) is 2. The molecule has 0 aliphatic carbocycles. The van der Waals surface area contributed by atoms with Gasteiger partial charge in [0.2, 0.25) is 5.88 Å². The van der Waals surface area contributed by atoms with Gasteiger partial charge in [-0.1, -0.05) is 13.3 Å². The highest BCUT2D eigenvalue weighted by atomic mass is 16.5. The molecule has 0 radical (unpaired) electrons. The molecule has 1 aromatic heterocycles. The molecule has 108 valence electrons. The van der Waals surface area contributed by atoms with Gasteiger partial charge in [-0.15, -0.1) is 0 Å². The second-order valence-corrected chi connectivity index (χ2v) is 5.52. The quantitative estimate of drug-likeness (QED) is 0.770. The maximum atomic E-state index is 5.64. The first-order valence-corrected chi connectivity index (χ1v) is 6.72. The van der Waals surface area contributed by atoms with Crippen molar-refractivity contribution < 1.29 is 9.47 Å². The van der Waals surface area contributed by atoms with Gasteiger partial charge in [-0.3, -0.25) is 0 Å². The number of aromatic nitrogens is 2. The third kappa shape index (κ3) is 6.38. The van der Waals surface area contributed by atoms with Crippen LogP contribution in [0.3, 0.4) is 0 Å². The smallest absolute Gasteiger partial charge is 0.218 e. The highest BCUT2D eigenvalue weighted by Gasteiger charge is 2.13. The van der Waals surface area contributed by atoms with Crippen LogP contribution in [0.1, 0.15) is 46.4 Å². The van der Waals surface area contributed by atoms with Gasteiger partial charge in [-0.2, -0.15) is 4.98 Å². The lowest BCUT2D eigenvalue weighted by Gasteiger charge is -2.21. The Kier molecular flexibility index (Phi) is 6.02. The lowest BCUT2D eigenvalue weighted by atomic mass is 10.1. The Hall–Kier alpha value is -1.36. The van der Waals surface area contributed by atoms with E-state index in [1.165, 1.54) is 0 Å². The highest BCUT2D eigenvalue weighted by Crippen LogP contribution is 2.18. The molecule has 0 bridgehead atoms. The fourth-order valence-corrected chi connectivity index (χ4v) is 1.51. The molecule has 5 nitrogen and oxygen atoms in total. The Morgan fingerprint density at radius 2 is 2.00 bits per heavy atom. The van der Waals surface area contributed by atoms with Crippen molar-refractivity contribution in [3.8, 4) is 5.88 Å². The number of hydrogen-bond acceptors (Lipinski definition) is 5. The Bertz CT molecular complexity index is 389. The number of rotatable bonds is 7. The Labute approximate surface area is 115 Å². The summed E-state index contributed by atoms with van der Waals surface area (Å²) < 4.78 is 10.7. The van der Waals surface area contributed by atoms with E-state index in [2.05, 4.69) is 43.0 Å². The van der Waals surface area contributed by atoms with E-state index in [-0.39, 0.29) is 5.54 Å². The van der Waals surface area contributed by atoms with E-state index < -0.39 is 0 Å². The molecule has 0 atom stereocenters. The molecule has 5 heteroatoms. The van der Waals surface area contributed by atoms with E-state index in [0.717, 1.165) is 18.7 Å². The van der Waals surface area contributed by atoms with Gasteiger partial charge in [0.25, 0.3) is 0 Å². The van der Waals surface area contributed by atoms with Crippen molar-refractivity contribution in [1.29, 1.82) is 0 Å². The largest absolute Gasteiger partial charge is 0.478 e. The van der Waals surface area contributed by atoms with E-state index in [4.69, 9.17) is 9.47 Å². The van der Waals surface area contributed by atoms with Crippen LogP contribution in [0.4, 0.5) is 5.82 Å². The molecule has 0 spiro atoms. The summed E-state index contributed by atoms with van der Waals surface area (Å²) in [6.07, 6.45) is 2.12. The van der Waals surface area contributed by atoms with Crippen molar-refractivity contribution in [1.82, 2.24) is 9.97 Å². The molecule has 0 aliphatic heterocycles. The predicted molar refractivity (Wildman–Crippen MR) is 76.5 cm³/mol. The monoisotopic (exact) mass is 267 g/mol. The van der Waals surface area contributed by atoms with Crippen LogP contribution in [-0.4, -0.2) is 29.2 Å². The molecule has 0 aliphatic rings. The summed E-state index contributed by atoms with van der Waals surface area (Å²) in [5.74, 6) is 1.99. The molecular weight excluding hydrogens is 242 g/mol. The predicted octanol–water partition coefficient (Wildman–Crippen LogP) is 3.01. The van der Waals surface area contributed by atoms with Crippen molar-refractivity contribution >= 4 is 5.82 Å². The molecular formula is C14H25N3O2. The fraction of sp³-hybridized carbons (Fsp3) is 0.714. The Morgan fingerprint density at radius 3 is 2.58 bits per heavy atom. The van der Waals surface area contributed by atoms with Crippen molar-refractivity contribution in [2.45, 2.75) is 52.7 Å². The summed E-state index contributed by atoms with van der Waals surface area (Å²) in [4.78, 5) is 8.74. The summed E-state index contributed by atoms with van der Waals surface area (Å²) in [7, 11) is 1.63. The number of unbranched alkanes of at least 4 members (excludes halogenated alkanes) is 1. The van der Waals surface area contributed by atoms with Gasteiger partial charge >= 0.3 is 0 Å². The molecule has 0 amide bonds. The Morgan fingerprint density at radius 1 is 1.26 bits per heavy atom. The summed E-state index contributed by atoms with van der Waals surface area (Å²) in [6, 6.07) is 1.83. The maximum absolute atomic E-state index is 5.64. The molecule has 1 rings (SSSR count). The van der Waals surface area contributed by atoms with Crippen LogP contribution in [0.25, 0.3) is 0 Å². The third-order valence-electron chi connectivity index (χ3n) is 2.27. The van der Waals surface area contributed by atoms with Crippen molar-refractivity contribution in [3.05, 3.63) is 11.9 Å². The zero-order valence-electron chi connectivity index (χ0n) is 12.6. The molecule has 1 aromatic rings. The average Bonchev–Trinajstić information content (AvgIpc) is 2.27. The fourth-order valence-electron chi connectivity index (χ4n) is 1.51. The molecule has 0 fully saturated rings. The zero-order chi connectivity index (χ0) is 14.3. The minimum absolute atomic E-state index is 0.0562. The minimum Gasteiger partial charge on any atom is -0.478 e. The van der Waals surface area contributed by atoms with E-state index in [0.29, 0.717) is 24.9 Å². The SMILES string of the molecule is CCCCOc1cc(NC(C)(C)C)nc(COC)n1. The van der Waals surface area contributed by atoms with Crippen molar-refractivity contribution in [2.24, 2.45) is 0 Å². The summed E-state index contributed by atoms with van der Waals surface area (Å²) in [5, 5.41) is 3.32. The van der Waals surface area contributed by atoms with Gasteiger partial charge in [0.05, 0.1) is 6.61 Å². The summed E-state index contributed by atoms with van der Waals surface area (Å²) in [6.45, 7) is 9.44. The first kappa shape index (κ1) is 15.7. The number of methoxy groups -OCH3 is 1. The van der Waals surface area contributed by atoms with E-state index >= 15 is 0 Å². The second kappa shape index (κ2) is 7.28. The van der Waals surface area contributed by atoms with Gasteiger partial charge in [0, 0.05) is 18.7 Å². The number of nitrogens with one attached hydrogen (secondary N) is 1. The topological polar surface area (TPSA) is 56.3 Å². The van der Waals surface area contributed by atoms with Crippen LogP contribution in [0.2, 0.25) is 0 Å². The number of ether oxygens (including phenoxy) is 2. The van der Waals surface area contributed by atoms with Crippen molar-refractivity contribution in [2.75, 3.05) is 19.0 Å². The van der Waals surface area contributed by atoms with Crippen molar-refractivity contribution in [3.63, 3.8) is 0 Å². The molecule has 0 aromatic carbocycles. The van der Waals surface area contributed by atoms with Crippen LogP contribution >= 0.6 is 0 Å². The zero-order valence-corrected chi connectivity index (χ0v) is 12.6. The Balaban J connectivity index is 2.83. The van der Waals surface area contributed by atoms with Crippen LogP contribution in [-0.2, 0) is 11.3 Å². The highest BCUT2D eigenvalue weighted by molar-refractivity contribution is 5.40. The van der Waals surface area contributed by atoms with E-state index in [1.54, 1.807) is 7.11 Å². The first-order chi connectivity index (χ1) is 8.94. The number of hydrogen-bond donors (Lipinski definition) is 1. The van der Waals surface area contributed by atoms with Gasteiger partial charge in [-0.25, -0.2) is 4.98 Å². The van der Waals surface area contributed by atoms with Crippen LogP contribution in [0.5, 0.6) is 5.88 Å². The third-order valence-corrected chi connectivity index (χ3v) is 2.27. The van der Waals surface area contributed by atoms with Gasteiger partial charge < -0.3 is 14.8 Å². The average molecular weight is 267 g/mol. The molecule has 1 heterocycles. The van der Waals surface area contributed by atoms with Crippen LogP contribution in [0.15, 0.2) is 6.07 Å². The standard InChI is InChI=1S/C14H25N3O2/c1-6-7-8-19-13-9-11(17-14(2,3)4)15-12(16-13)10-18-5/h9H,6-8,10H2,1-5H3,(H,15,16,17). The first-order valence-electron chi connectivity index (χ1n) is 6.72. The van der Waals surface area contributed by atoms with E-state index in [9.17, 15) is 0 Å². The molecule has 19 heavy (non-hydrogen) atoms. The van der Waals surface area contributed by atoms with Gasteiger partial charge in [0.1, 0.15) is 12.4 Å². The molecule has 0 unspecified atom stereocenters. The summed E-state index contributed by atoms with van der Waals surface area (Å²) in [5.41, 5.74) is -0.0562. The normalized spacial score (nSPS) is 11.4. The van der Waals surface area contributed by atoms with Crippen LogP contribution < -0.4 is 10.1 Å². The molecule has 0 saturated carbocycles. The molecule has 1 N–H and O–H groups in total. The number of anilines is 1. The minimum atomic E-state index is -0.0562. The lowest BCUT2D eigenvalue weighted by Crippen LogP contribution is -2.27. The van der Waals surface area contributed by atoms with Gasteiger partial charge in [0.15, 0.2) is 5.82 Å². The maximum Gasteiger partial charge on any atom is 0.218 e. The van der Waals surface area contributed by atoms with E-state index in [1.807, 2.05) is 6.07 Å². The molecule has 0 saturated heterocycles. The lowest BCUT2D eigenvalue weighted by molar-refractivity contribution is 0.176. The van der Waals surface area contributed by atoms with Crippen LogP contribution in [0, 0.1) is 0 Å². The summed E-state index contributed by atoms with van der Waals surface area (Å²) >= 11 is 0.